The van der Waals surface area contributed by atoms with Gasteiger partial charge in [-0.3, -0.25) is 0 Å². The van der Waals surface area contributed by atoms with Gasteiger partial charge < -0.3 is 4.48 Å². The minimum Gasteiger partial charge on any atom is -0.324 e. The molecule has 1 heteroatoms. The lowest BCUT2D eigenvalue weighted by atomic mass is 10.2. The van der Waals surface area contributed by atoms with Crippen LogP contribution in [0.1, 0.15) is 54.8 Å². The van der Waals surface area contributed by atoms with Crippen molar-refractivity contribution in [1.82, 2.24) is 0 Å². The highest BCUT2D eigenvalue weighted by Gasteiger charge is 2.20. The minimum atomic E-state index is 0. The Labute approximate surface area is 86.2 Å². The topological polar surface area (TPSA) is 0 Å². The Hall–Kier alpha value is -0.0400. The number of hydrogen-bond donors (Lipinski definition) is 0. The zero-order chi connectivity index (χ0) is 10.2. The minimum absolute atomic E-state index is 0. The summed E-state index contributed by atoms with van der Waals surface area (Å²) in [4.78, 5) is 0. The molecule has 0 spiro atoms. The summed E-state index contributed by atoms with van der Waals surface area (Å²) >= 11 is 0. The summed E-state index contributed by atoms with van der Waals surface area (Å²) in [6, 6.07) is 0. The Morgan fingerprint density at radius 1 is 0.769 bits per heavy atom. The molecule has 0 heterocycles. The van der Waals surface area contributed by atoms with Gasteiger partial charge in [-0.1, -0.05) is 26.7 Å². The van der Waals surface area contributed by atoms with Crippen LogP contribution in [-0.4, -0.2) is 30.7 Å². The molecule has 13 heavy (non-hydrogen) atoms. The van der Waals surface area contributed by atoms with Gasteiger partial charge in [0.25, 0.3) is 0 Å². The molecule has 0 aromatic heterocycles. The van der Waals surface area contributed by atoms with Gasteiger partial charge in [0.1, 0.15) is 0 Å². The number of quaternary nitrogens is 1. The third-order valence-corrected chi connectivity index (χ3v) is 3.31. The first-order chi connectivity index (χ1) is 6.24. The van der Waals surface area contributed by atoms with Crippen molar-refractivity contribution in [3.63, 3.8) is 0 Å². The maximum atomic E-state index is 2.34. The van der Waals surface area contributed by atoms with Crippen LogP contribution in [0.25, 0.3) is 0 Å². The van der Waals surface area contributed by atoms with E-state index in [2.05, 4.69) is 27.7 Å². The van der Waals surface area contributed by atoms with Crippen molar-refractivity contribution in [3.8, 4) is 0 Å². The quantitative estimate of drug-likeness (QED) is 0.510. The first kappa shape index (κ1) is 13.0. The Morgan fingerprint density at radius 2 is 1.15 bits per heavy atom. The molecule has 0 rings (SSSR count). The summed E-state index contributed by atoms with van der Waals surface area (Å²) in [5.41, 5.74) is 0. The van der Waals surface area contributed by atoms with Crippen LogP contribution in [0.3, 0.4) is 0 Å². The van der Waals surface area contributed by atoms with E-state index >= 15 is 0 Å². The van der Waals surface area contributed by atoms with Crippen molar-refractivity contribution in [2.75, 3.05) is 26.2 Å². The van der Waals surface area contributed by atoms with Crippen LogP contribution in [0.2, 0.25) is 0 Å². The Bertz CT molecular complexity index is 101. The zero-order valence-electron chi connectivity index (χ0n) is 11.1. The average Bonchev–Trinajstić information content (AvgIpc) is 2.20. The van der Waals surface area contributed by atoms with Gasteiger partial charge in [0, 0.05) is 0 Å². The summed E-state index contributed by atoms with van der Waals surface area (Å²) < 4.78 is 1.35. The van der Waals surface area contributed by atoms with Gasteiger partial charge in [-0.2, -0.15) is 0 Å². The molecule has 0 fully saturated rings. The van der Waals surface area contributed by atoms with Crippen molar-refractivity contribution in [1.29, 1.82) is 0 Å². The summed E-state index contributed by atoms with van der Waals surface area (Å²) in [6.07, 6.45) is 5.47. The SMILES string of the molecule is CCCC[N+](CC)(CC)CCCC.[H+]. The smallest absolute Gasteiger partial charge is 0.324 e. The van der Waals surface area contributed by atoms with Crippen LogP contribution in [-0.2, 0) is 0 Å². The lowest BCUT2D eigenvalue weighted by Gasteiger charge is -2.37. The second-order valence-electron chi connectivity index (χ2n) is 4.13. The molecule has 80 valence electrons. The molecule has 0 saturated heterocycles. The van der Waals surface area contributed by atoms with E-state index in [1.54, 1.807) is 0 Å². The first-order valence-corrected chi connectivity index (χ1v) is 6.09. The van der Waals surface area contributed by atoms with Crippen molar-refractivity contribution < 1.29 is 5.91 Å². The van der Waals surface area contributed by atoms with E-state index in [0.29, 0.717) is 0 Å². The molecular formula is C12H29N+2. The summed E-state index contributed by atoms with van der Waals surface area (Å²) in [5, 5.41) is 0. The predicted octanol–water partition coefficient (Wildman–Crippen LogP) is 3.56. The van der Waals surface area contributed by atoms with Gasteiger partial charge >= 0.3 is 1.43 Å². The first-order valence-electron chi connectivity index (χ1n) is 6.09. The molecule has 0 aliphatic carbocycles. The molecule has 0 radical (unpaired) electrons. The summed E-state index contributed by atoms with van der Waals surface area (Å²) in [7, 11) is 0. The lowest BCUT2D eigenvalue weighted by molar-refractivity contribution is -0.925. The fraction of sp³-hybridized carbons (Fsp3) is 1.00. The number of unbranched alkanes of at least 4 members (excludes halogenated alkanes) is 2. The maximum absolute atomic E-state index is 2.34. The normalized spacial score (nSPS) is 12.0. The highest BCUT2D eigenvalue weighted by atomic mass is 15.3. The molecule has 0 saturated carbocycles. The third kappa shape index (κ3) is 4.66. The molecule has 0 aromatic carbocycles. The van der Waals surface area contributed by atoms with Crippen LogP contribution >= 0.6 is 0 Å². The number of rotatable bonds is 8. The second-order valence-corrected chi connectivity index (χ2v) is 4.13. The van der Waals surface area contributed by atoms with E-state index in [1.807, 2.05) is 0 Å². The third-order valence-electron chi connectivity index (χ3n) is 3.31. The number of nitrogens with zero attached hydrogens (tertiary/aromatic N) is 1. The van der Waals surface area contributed by atoms with E-state index in [4.69, 9.17) is 0 Å². The molecule has 1 nitrogen and oxygen atoms in total. The van der Waals surface area contributed by atoms with E-state index < -0.39 is 0 Å². The lowest BCUT2D eigenvalue weighted by Crippen LogP contribution is -2.49. The second kappa shape index (κ2) is 7.37. The molecule has 0 N–H and O–H groups in total. The zero-order valence-corrected chi connectivity index (χ0v) is 10.1. The van der Waals surface area contributed by atoms with Crippen molar-refractivity contribution in [2.24, 2.45) is 0 Å². The molecule has 0 bridgehead atoms. The largest absolute Gasteiger partial charge is 1.00 e. The van der Waals surface area contributed by atoms with Gasteiger partial charge in [0.05, 0.1) is 26.2 Å². The van der Waals surface area contributed by atoms with Gasteiger partial charge in [0.2, 0.25) is 0 Å². The summed E-state index contributed by atoms with van der Waals surface area (Å²) in [6.45, 7) is 14.7. The molecule has 0 aliphatic rings. The van der Waals surface area contributed by atoms with Gasteiger partial charge in [-0.15, -0.1) is 0 Å². The van der Waals surface area contributed by atoms with Gasteiger partial charge in [-0.05, 0) is 26.7 Å². The van der Waals surface area contributed by atoms with Crippen LogP contribution < -0.4 is 0 Å². The summed E-state index contributed by atoms with van der Waals surface area (Å²) in [5.74, 6) is 0. The van der Waals surface area contributed by atoms with Gasteiger partial charge in [-0.25, -0.2) is 0 Å². The number of hydrogen-bond acceptors (Lipinski definition) is 0. The van der Waals surface area contributed by atoms with E-state index in [9.17, 15) is 0 Å². The van der Waals surface area contributed by atoms with Crippen molar-refractivity contribution in [3.05, 3.63) is 0 Å². The van der Waals surface area contributed by atoms with E-state index in [-0.39, 0.29) is 1.43 Å². The molecular weight excluding hydrogens is 158 g/mol. The standard InChI is InChI=1S/C12H28N/c1-5-9-11-13(7-3,8-4)12-10-6-2/h5-12H2,1-4H3/q+1/p+1. The molecule has 0 aromatic rings. The van der Waals surface area contributed by atoms with Crippen molar-refractivity contribution >= 4 is 0 Å². The fourth-order valence-corrected chi connectivity index (χ4v) is 1.95. The Morgan fingerprint density at radius 3 is 1.38 bits per heavy atom. The molecule has 0 aliphatic heterocycles. The molecule has 0 unspecified atom stereocenters. The van der Waals surface area contributed by atoms with Crippen molar-refractivity contribution in [2.45, 2.75) is 53.4 Å². The maximum Gasteiger partial charge on any atom is 1.00 e. The monoisotopic (exact) mass is 187 g/mol. The Kier molecular flexibility index (Phi) is 7.35. The molecule has 0 amide bonds. The van der Waals surface area contributed by atoms with Crippen LogP contribution in [0, 0.1) is 0 Å². The van der Waals surface area contributed by atoms with Crippen LogP contribution in [0.5, 0.6) is 0 Å². The van der Waals surface area contributed by atoms with E-state index in [0.717, 1.165) is 0 Å². The van der Waals surface area contributed by atoms with Crippen LogP contribution in [0.4, 0.5) is 0 Å². The average molecular weight is 187 g/mol. The highest BCUT2D eigenvalue weighted by Crippen LogP contribution is 2.11. The fourth-order valence-electron chi connectivity index (χ4n) is 1.95. The highest BCUT2D eigenvalue weighted by molar-refractivity contribution is 4.43. The van der Waals surface area contributed by atoms with E-state index in [1.165, 1.54) is 56.3 Å². The predicted molar refractivity (Wildman–Crippen MR) is 62.0 cm³/mol. The molecule has 0 atom stereocenters. The van der Waals surface area contributed by atoms with Gasteiger partial charge in [0.15, 0.2) is 0 Å². The Balaban J connectivity index is 0. The van der Waals surface area contributed by atoms with Crippen LogP contribution in [0.15, 0.2) is 0 Å².